The zero-order valence-electron chi connectivity index (χ0n) is 17.6. The SMILES string of the molecule is CC(=O)OCC1C=CC(N(S(=O)(=O)c2ccc(C)cc2)S(=O)(=O)c2ccc(C)cc2)C1. The third-order valence-electron chi connectivity index (χ3n) is 5.03. The van der Waals surface area contributed by atoms with Crippen molar-refractivity contribution in [1.82, 2.24) is 3.71 Å². The van der Waals surface area contributed by atoms with E-state index < -0.39 is 32.1 Å². The van der Waals surface area contributed by atoms with Crippen LogP contribution in [-0.4, -0.2) is 39.2 Å². The van der Waals surface area contributed by atoms with Crippen LogP contribution in [0.5, 0.6) is 0 Å². The van der Waals surface area contributed by atoms with Crippen molar-refractivity contribution < 1.29 is 26.4 Å². The predicted molar refractivity (Wildman–Crippen MR) is 116 cm³/mol. The highest BCUT2D eigenvalue weighted by Gasteiger charge is 2.43. The Kier molecular flexibility index (Phi) is 6.68. The molecule has 2 unspecified atom stereocenters. The lowest BCUT2D eigenvalue weighted by Crippen LogP contribution is -2.43. The van der Waals surface area contributed by atoms with Crippen molar-refractivity contribution in [1.29, 1.82) is 0 Å². The second-order valence-electron chi connectivity index (χ2n) is 7.61. The van der Waals surface area contributed by atoms with Crippen LogP contribution in [0.2, 0.25) is 0 Å². The third kappa shape index (κ3) is 5.06. The van der Waals surface area contributed by atoms with Gasteiger partial charge in [0.2, 0.25) is 0 Å². The van der Waals surface area contributed by atoms with Crippen LogP contribution >= 0.6 is 0 Å². The fourth-order valence-corrected chi connectivity index (χ4v) is 7.32. The van der Waals surface area contributed by atoms with Gasteiger partial charge >= 0.3 is 5.97 Å². The minimum Gasteiger partial charge on any atom is -0.465 e. The summed E-state index contributed by atoms with van der Waals surface area (Å²) < 4.78 is 59.7. The Bertz CT molecular complexity index is 1110. The van der Waals surface area contributed by atoms with E-state index >= 15 is 0 Å². The summed E-state index contributed by atoms with van der Waals surface area (Å²) in [5.41, 5.74) is 1.71. The Balaban J connectivity index is 2.04. The van der Waals surface area contributed by atoms with Gasteiger partial charge in [0.05, 0.1) is 22.4 Å². The van der Waals surface area contributed by atoms with E-state index in [0.29, 0.717) is 3.71 Å². The number of ether oxygens (including phenoxy) is 1. The highest BCUT2D eigenvalue weighted by Crippen LogP contribution is 2.33. The van der Waals surface area contributed by atoms with Gasteiger partial charge in [0.15, 0.2) is 0 Å². The Morgan fingerprint density at radius 2 is 1.32 bits per heavy atom. The lowest BCUT2D eigenvalue weighted by molar-refractivity contribution is -0.141. The molecule has 2 aromatic rings. The van der Waals surface area contributed by atoms with E-state index in [-0.39, 0.29) is 28.7 Å². The van der Waals surface area contributed by atoms with Crippen LogP contribution in [0.15, 0.2) is 70.5 Å². The first-order chi connectivity index (χ1) is 14.5. The van der Waals surface area contributed by atoms with E-state index in [2.05, 4.69) is 0 Å². The number of hydrogen-bond acceptors (Lipinski definition) is 6. The molecule has 31 heavy (non-hydrogen) atoms. The summed E-state index contributed by atoms with van der Waals surface area (Å²) in [6.07, 6.45) is 3.42. The monoisotopic (exact) mass is 463 g/mol. The first-order valence-electron chi connectivity index (χ1n) is 9.76. The minimum atomic E-state index is -4.39. The number of aryl methyl sites for hydroxylation is 2. The standard InChI is InChI=1S/C22H25NO6S2/c1-16-4-10-21(11-5-16)30(25,26)23(20-9-8-19(14-20)15-29-18(3)24)31(27,28)22-12-6-17(2)7-13-22/h4-13,19-20H,14-15H2,1-3H3. The Hall–Kier alpha value is -2.49. The fraction of sp³-hybridized carbons (Fsp3) is 0.318. The largest absolute Gasteiger partial charge is 0.465 e. The molecule has 0 aliphatic heterocycles. The van der Waals surface area contributed by atoms with Crippen molar-refractivity contribution in [3.05, 3.63) is 71.8 Å². The van der Waals surface area contributed by atoms with Crippen LogP contribution in [0.4, 0.5) is 0 Å². The summed E-state index contributed by atoms with van der Waals surface area (Å²) in [7, 11) is -8.77. The van der Waals surface area contributed by atoms with Gasteiger partial charge in [0.1, 0.15) is 0 Å². The molecule has 166 valence electrons. The van der Waals surface area contributed by atoms with Crippen LogP contribution in [0.1, 0.15) is 24.5 Å². The van der Waals surface area contributed by atoms with Crippen LogP contribution in [0.3, 0.4) is 0 Å². The number of carbonyl (C=O) groups excluding carboxylic acids is 1. The highest BCUT2D eigenvalue weighted by molar-refractivity contribution is 8.04. The average molecular weight is 464 g/mol. The first-order valence-corrected chi connectivity index (χ1v) is 12.6. The molecule has 0 fully saturated rings. The maximum Gasteiger partial charge on any atom is 0.302 e. The van der Waals surface area contributed by atoms with Gasteiger partial charge in [-0.2, -0.15) is 0 Å². The molecule has 7 nitrogen and oxygen atoms in total. The van der Waals surface area contributed by atoms with Gasteiger partial charge in [0, 0.05) is 12.8 Å². The zero-order valence-corrected chi connectivity index (χ0v) is 19.2. The second kappa shape index (κ2) is 8.94. The number of sulfonamides is 2. The normalized spacial score (nSPS) is 19.0. The van der Waals surface area contributed by atoms with E-state index in [1.165, 1.54) is 31.2 Å². The average Bonchev–Trinajstić information content (AvgIpc) is 3.14. The van der Waals surface area contributed by atoms with Crippen LogP contribution in [0, 0.1) is 19.8 Å². The smallest absolute Gasteiger partial charge is 0.302 e. The van der Waals surface area contributed by atoms with Crippen molar-refractivity contribution >= 4 is 26.0 Å². The summed E-state index contributed by atoms with van der Waals surface area (Å²) in [6, 6.07) is 11.2. The molecular weight excluding hydrogens is 438 g/mol. The molecule has 0 saturated heterocycles. The molecule has 0 N–H and O–H groups in total. The van der Waals surface area contributed by atoms with Crippen molar-refractivity contribution in [3.63, 3.8) is 0 Å². The molecule has 0 spiro atoms. The van der Waals surface area contributed by atoms with Gasteiger partial charge in [-0.3, -0.25) is 4.79 Å². The quantitative estimate of drug-likeness (QED) is 0.462. The summed E-state index contributed by atoms with van der Waals surface area (Å²) >= 11 is 0. The summed E-state index contributed by atoms with van der Waals surface area (Å²) in [5, 5.41) is 0. The van der Waals surface area contributed by atoms with Crippen molar-refractivity contribution in [2.45, 2.75) is 43.0 Å². The Labute approximate surface area is 183 Å². The molecule has 0 radical (unpaired) electrons. The van der Waals surface area contributed by atoms with E-state index in [4.69, 9.17) is 4.74 Å². The lowest BCUT2D eigenvalue weighted by Gasteiger charge is -2.27. The topological polar surface area (TPSA) is 97.8 Å². The molecule has 0 saturated carbocycles. The van der Waals surface area contributed by atoms with Crippen LogP contribution in [-0.2, 0) is 29.6 Å². The summed E-state index contributed by atoms with van der Waals surface area (Å²) in [4.78, 5) is 10.9. The first kappa shape index (κ1) is 23.2. The van der Waals surface area contributed by atoms with Crippen LogP contribution in [0.25, 0.3) is 0 Å². The van der Waals surface area contributed by atoms with E-state index in [1.807, 2.05) is 13.8 Å². The second-order valence-corrected chi connectivity index (χ2v) is 11.5. The molecule has 3 rings (SSSR count). The number of rotatable bonds is 7. The number of carbonyl (C=O) groups is 1. The molecule has 9 heteroatoms. The lowest BCUT2D eigenvalue weighted by atomic mass is 10.1. The molecule has 0 amide bonds. The van der Waals surface area contributed by atoms with Gasteiger partial charge in [0.25, 0.3) is 20.0 Å². The van der Waals surface area contributed by atoms with Crippen LogP contribution < -0.4 is 0 Å². The van der Waals surface area contributed by atoms with Gasteiger partial charge < -0.3 is 4.74 Å². The van der Waals surface area contributed by atoms with Gasteiger partial charge in [-0.1, -0.05) is 51.3 Å². The fourth-order valence-electron chi connectivity index (χ4n) is 3.37. The number of nitrogens with zero attached hydrogens (tertiary/aromatic N) is 1. The summed E-state index contributed by atoms with van der Waals surface area (Å²) in [6.45, 7) is 4.98. The minimum absolute atomic E-state index is 0.0608. The number of hydrogen-bond donors (Lipinski definition) is 0. The molecule has 0 heterocycles. The molecule has 2 aromatic carbocycles. The van der Waals surface area contributed by atoms with E-state index in [0.717, 1.165) is 11.1 Å². The van der Waals surface area contributed by atoms with Crippen molar-refractivity contribution in [3.8, 4) is 0 Å². The Morgan fingerprint density at radius 1 is 0.871 bits per heavy atom. The van der Waals surface area contributed by atoms with Crippen molar-refractivity contribution in [2.75, 3.05) is 6.61 Å². The Morgan fingerprint density at radius 3 is 1.74 bits per heavy atom. The van der Waals surface area contributed by atoms with Crippen molar-refractivity contribution in [2.24, 2.45) is 5.92 Å². The third-order valence-corrected chi connectivity index (χ3v) is 9.44. The molecular formula is C22H25NO6S2. The van der Waals surface area contributed by atoms with Gasteiger partial charge in [-0.15, -0.1) is 0 Å². The molecule has 2 atom stereocenters. The molecule has 1 aliphatic carbocycles. The highest BCUT2D eigenvalue weighted by atomic mass is 32.3. The maximum absolute atomic E-state index is 13.5. The molecule has 0 aromatic heterocycles. The summed E-state index contributed by atoms with van der Waals surface area (Å²) in [5.74, 6) is -0.730. The predicted octanol–water partition coefficient (Wildman–Crippen LogP) is 3.19. The van der Waals surface area contributed by atoms with Gasteiger partial charge in [-0.25, -0.2) is 16.8 Å². The van der Waals surface area contributed by atoms with Gasteiger partial charge in [-0.05, 0) is 44.5 Å². The number of esters is 1. The number of benzene rings is 2. The maximum atomic E-state index is 13.5. The molecule has 0 bridgehead atoms. The van der Waals surface area contributed by atoms with E-state index in [1.54, 1.807) is 36.4 Å². The zero-order chi connectivity index (χ0) is 22.8. The van der Waals surface area contributed by atoms with E-state index in [9.17, 15) is 21.6 Å². The molecule has 1 aliphatic rings.